The predicted octanol–water partition coefficient (Wildman–Crippen LogP) is 3.09. The molecule has 3 nitrogen and oxygen atoms in total. The number of rotatable bonds is 6. The van der Waals surface area contributed by atoms with Crippen molar-refractivity contribution in [2.75, 3.05) is 13.2 Å². The van der Waals surface area contributed by atoms with Crippen molar-refractivity contribution < 1.29 is 14.3 Å². The molecule has 0 heterocycles. The van der Waals surface area contributed by atoms with Crippen molar-refractivity contribution in [2.45, 2.75) is 26.2 Å². The van der Waals surface area contributed by atoms with Crippen LogP contribution in [0.3, 0.4) is 0 Å². The van der Waals surface area contributed by atoms with Gasteiger partial charge in [0, 0.05) is 5.41 Å². The predicted molar refractivity (Wildman–Crippen MR) is 71.8 cm³/mol. The summed E-state index contributed by atoms with van der Waals surface area (Å²) < 4.78 is 10.2. The molecule has 0 radical (unpaired) electrons. The Bertz CT molecular complexity index is 422. The first-order valence-corrected chi connectivity index (χ1v) is 6.02. The summed E-state index contributed by atoms with van der Waals surface area (Å²) in [6.45, 7) is 10.0. The highest BCUT2D eigenvalue weighted by molar-refractivity contribution is 5.71. The fourth-order valence-electron chi connectivity index (χ4n) is 1.45. The van der Waals surface area contributed by atoms with Crippen LogP contribution < -0.4 is 4.74 Å². The number of ether oxygens (including phenoxy) is 2. The number of hydrogen-bond acceptors (Lipinski definition) is 3. The van der Waals surface area contributed by atoms with E-state index in [-0.39, 0.29) is 18.0 Å². The lowest BCUT2D eigenvalue weighted by atomic mass is 9.85. The van der Waals surface area contributed by atoms with Gasteiger partial charge in [0.2, 0.25) is 0 Å². The van der Waals surface area contributed by atoms with Crippen molar-refractivity contribution in [3.8, 4) is 5.75 Å². The normalized spacial score (nSPS) is 10.8. The molecule has 3 heteroatoms. The van der Waals surface area contributed by atoms with E-state index in [1.807, 2.05) is 30.3 Å². The molecule has 0 amide bonds. The Hall–Kier alpha value is -1.77. The molecular weight excluding hydrogens is 228 g/mol. The Morgan fingerprint density at radius 3 is 2.78 bits per heavy atom. The monoisotopic (exact) mass is 248 g/mol. The summed E-state index contributed by atoms with van der Waals surface area (Å²) in [5.41, 5.74) is 0.974. The Morgan fingerprint density at radius 1 is 1.44 bits per heavy atom. The van der Waals surface area contributed by atoms with Crippen LogP contribution in [0.25, 0.3) is 0 Å². The van der Waals surface area contributed by atoms with Crippen LogP contribution in [0, 0.1) is 0 Å². The molecule has 0 fully saturated rings. The molecule has 0 bridgehead atoms. The summed E-state index contributed by atoms with van der Waals surface area (Å²) >= 11 is 0. The zero-order chi connectivity index (χ0) is 13.6. The van der Waals surface area contributed by atoms with Gasteiger partial charge in [0.1, 0.15) is 5.75 Å². The summed E-state index contributed by atoms with van der Waals surface area (Å²) in [4.78, 5) is 11.2. The molecular formula is C15H20O3. The maximum atomic E-state index is 11.2. The molecule has 1 aromatic carbocycles. The third-order valence-electron chi connectivity index (χ3n) is 2.75. The fourth-order valence-corrected chi connectivity index (χ4v) is 1.45. The average molecular weight is 248 g/mol. The molecule has 0 saturated carbocycles. The highest BCUT2D eigenvalue weighted by Crippen LogP contribution is 2.27. The first-order valence-electron chi connectivity index (χ1n) is 6.02. The number of esters is 1. The van der Waals surface area contributed by atoms with Gasteiger partial charge in [-0.1, -0.05) is 32.1 Å². The smallest absolute Gasteiger partial charge is 0.344 e. The molecule has 0 spiro atoms. The molecule has 0 unspecified atom stereocenters. The molecule has 0 aliphatic heterocycles. The first-order chi connectivity index (χ1) is 8.49. The molecule has 18 heavy (non-hydrogen) atoms. The maximum absolute atomic E-state index is 11.2. The minimum absolute atomic E-state index is 0.0637. The van der Waals surface area contributed by atoms with E-state index >= 15 is 0 Å². The van der Waals surface area contributed by atoms with E-state index in [0.717, 1.165) is 5.56 Å². The largest absolute Gasteiger partial charge is 0.482 e. The van der Waals surface area contributed by atoms with Gasteiger partial charge in [0.15, 0.2) is 6.61 Å². The van der Waals surface area contributed by atoms with Crippen LogP contribution in [0.5, 0.6) is 5.75 Å². The van der Waals surface area contributed by atoms with Gasteiger partial charge in [-0.05, 0) is 24.6 Å². The van der Waals surface area contributed by atoms with Gasteiger partial charge >= 0.3 is 5.97 Å². The number of allylic oxidation sites excluding steroid dienone is 1. The van der Waals surface area contributed by atoms with E-state index in [0.29, 0.717) is 12.4 Å². The second-order valence-corrected chi connectivity index (χ2v) is 4.55. The Balaban J connectivity index is 2.71. The third kappa shape index (κ3) is 3.91. The van der Waals surface area contributed by atoms with Gasteiger partial charge in [-0.3, -0.25) is 0 Å². The average Bonchev–Trinajstić information content (AvgIpc) is 2.37. The second-order valence-electron chi connectivity index (χ2n) is 4.55. The van der Waals surface area contributed by atoms with Crippen molar-refractivity contribution in [3.05, 3.63) is 42.5 Å². The van der Waals surface area contributed by atoms with Crippen molar-refractivity contribution in [1.82, 2.24) is 0 Å². The summed E-state index contributed by atoms with van der Waals surface area (Å²) in [7, 11) is 0. The lowest BCUT2D eigenvalue weighted by molar-refractivity contribution is -0.145. The second kappa shape index (κ2) is 6.24. The Morgan fingerprint density at radius 2 is 2.17 bits per heavy atom. The van der Waals surface area contributed by atoms with Gasteiger partial charge in [-0.2, -0.15) is 0 Å². The Labute approximate surface area is 108 Å². The molecule has 0 aromatic heterocycles. The van der Waals surface area contributed by atoms with Crippen LogP contribution in [0.1, 0.15) is 26.3 Å². The SMILES string of the molecule is C=CC(C)(C)c1cccc(OCC(=O)OCC)c1. The molecule has 98 valence electrons. The zero-order valence-electron chi connectivity index (χ0n) is 11.2. The lowest BCUT2D eigenvalue weighted by Gasteiger charge is -2.21. The van der Waals surface area contributed by atoms with E-state index in [1.165, 1.54) is 0 Å². The summed E-state index contributed by atoms with van der Waals surface area (Å²) in [6, 6.07) is 7.66. The standard InChI is InChI=1S/C15H20O3/c1-5-15(3,4)12-8-7-9-13(10-12)18-11-14(16)17-6-2/h5,7-10H,1,6,11H2,2-4H3. The molecule has 0 saturated heterocycles. The number of hydrogen-bond donors (Lipinski definition) is 0. The van der Waals surface area contributed by atoms with Gasteiger partial charge in [-0.15, -0.1) is 6.58 Å². The van der Waals surface area contributed by atoms with Crippen molar-refractivity contribution in [3.63, 3.8) is 0 Å². The van der Waals surface area contributed by atoms with Gasteiger partial charge in [0.25, 0.3) is 0 Å². The van der Waals surface area contributed by atoms with Crippen LogP contribution in [-0.4, -0.2) is 19.2 Å². The van der Waals surface area contributed by atoms with E-state index in [2.05, 4.69) is 20.4 Å². The minimum Gasteiger partial charge on any atom is -0.482 e. The highest BCUT2D eigenvalue weighted by atomic mass is 16.6. The first kappa shape index (κ1) is 14.3. The number of benzene rings is 1. The third-order valence-corrected chi connectivity index (χ3v) is 2.75. The summed E-state index contributed by atoms with van der Waals surface area (Å²) in [5.74, 6) is 0.307. The number of carbonyl (C=O) groups excluding carboxylic acids is 1. The topological polar surface area (TPSA) is 35.5 Å². The van der Waals surface area contributed by atoms with E-state index in [4.69, 9.17) is 9.47 Å². The van der Waals surface area contributed by atoms with Crippen LogP contribution >= 0.6 is 0 Å². The van der Waals surface area contributed by atoms with Crippen molar-refractivity contribution >= 4 is 5.97 Å². The quantitative estimate of drug-likeness (QED) is 0.573. The lowest BCUT2D eigenvalue weighted by Crippen LogP contribution is -2.16. The van der Waals surface area contributed by atoms with Gasteiger partial charge < -0.3 is 9.47 Å². The molecule has 0 N–H and O–H groups in total. The molecule has 1 rings (SSSR count). The maximum Gasteiger partial charge on any atom is 0.344 e. The molecule has 0 atom stereocenters. The van der Waals surface area contributed by atoms with Crippen molar-refractivity contribution in [1.29, 1.82) is 0 Å². The van der Waals surface area contributed by atoms with Crippen LogP contribution in [0.4, 0.5) is 0 Å². The highest BCUT2D eigenvalue weighted by Gasteiger charge is 2.16. The summed E-state index contributed by atoms with van der Waals surface area (Å²) in [6.07, 6.45) is 1.89. The van der Waals surface area contributed by atoms with E-state index in [9.17, 15) is 4.79 Å². The van der Waals surface area contributed by atoms with Crippen LogP contribution in [0.2, 0.25) is 0 Å². The van der Waals surface area contributed by atoms with E-state index < -0.39 is 0 Å². The Kier molecular flexibility index (Phi) is 4.95. The van der Waals surface area contributed by atoms with Crippen LogP contribution in [-0.2, 0) is 14.9 Å². The summed E-state index contributed by atoms with van der Waals surface area (Å²) in [5, 5.41) is 0. The van der Waals surface area contributed by atoms with E-state index in [1.54, 1.807) is 6.92 Å². The minimum atomic E-state index is -0.356. The van der Waals surface area contributed by atoms with Gasteiger partial charge in [0.05, 0.1) is 6.61 Å². The molecule has 0 aliphatic carbocycles. The fraction of sp³-hybridized carbons (Fsp3) is 0.400. The van der Waals surface area contributed by atoms with Crippen molar-refractivity contribution in [2.24, 2.45) is 0 Å². The molecule has 0 aliphatic rings. The van der Waals surface area contributed by atoms with Crippen LogP contribution in [0.15, 0.2) is 36.9 Å². The van der Waals surface area contributed by atoms with Gasteiger partial charge in [-0.25, -0.2) is 4.79 Å². The zero-order valence-corrected chi connectivity index (χ0v) is 11.2. The molecule has 1 aromatic rings. The number of carbonyl (C=O) groups is 1.